The average molecular weight is 223 g/mol. The summed E-state index contributed by atoms with van der Waals surface area (Å²) in [7, 11) is 0. The molecule has 4 nitrogen and oxygen atoms in total. The van der Waals surface area contributed by atoms with E-state index in [9.17, 15) is 4.79 Å². The molecule has 1 aromatic heterocycles. The smallest absolute Gasteiger partial charge is 0.371 e. The molecule has 0 bridgehead atoms. The number of furan rings is 1. The highest BCUT2D eigenvalue weighted by molar-refractivity contribution is 5.84. The van der Waals surface area contributed by atoms with Gasteiger partial charge in [-0.1, -0.05) is 6.92 Å². The molecule has 1 N–H and O–H groups in total. The number of piperidine rings is 1. The van der Waals surface area contributed by atoms with Crippen molar-refractivity contribution in [2.24, 2.45) is 0 Å². The van der Waals surface area contributed by atoms with Gasteiger partial charge in [-0.15, -0.1) is 0 Å². The maximum atomic E-state index is 10.7. The van der Waals surface area contributed by atoms with Crippen LogP contribution in [0.15, 0.2) is 16.5 Å². The zero-order valence-electron chi connectivity index (χ0n) is 9.48. The van der Waals surface area contributed by atoms with Crippen molar-refractivity contribution >= 4 is 11.9 Å². The zero-order valence-corrected chi connectivity index (χ0v) is 9.48. The van der Waals surface area contributed by atoms with Crippen LogP contribution in [0.25, 0.3) is 0 Å². The molecule has 1 aliphatic rings. The molecule has 1 aromatic rings. The highest BCUT2D eigenvalue weighted by Gasteiger charge is 2.24. The van der Waals surface area contributed by atoms with E-state index in [1.807, 2.05) is 0 Å². The zero-order chi connectivity index (χ0) is 11.5. The summed E-state index contributed by atoms with van der Waals surface area (Å²) >= 11 is 0. The van der Waals surface area contributed by atoms with Gasteiger partial charge in [0.05, 0.1) is 0 Å². The van der Waals surface area contributed by atoms with Gasteiger partial charge in [0.25, 0.3) is 0 Å². The predicted molar refractivity (Wildman–Crippen MR) is 60.9 cm³/mol. The molecule has 1 atom stereocenters. The Hall–Kier alpha value is -1.45. The average Bonchev–Trinajstić information content (AvgIpc) is 2.78. The van der Waals surface area contributed by atoms with Crippen LogP contribution in [-0.4, -0.2) is 23.7 Å². The van der Waals surface area contributed by atoms with E-state index in [-0.39, 0.29) is 5.76 Å². The number of carbonyl (C=O) groups is 1. The van der Waals surface area contributed by atoms with Crippen molar-refractivity contribution < 1.29 is 14.3 Å². The van der Waals surface area contributed by atoms with Gasteiger partial charge >= 0.3 is 5.97 Å². The van der Waals surface area contributed by atoms with Crippen LogP contribution in [0.4, 0.5) is 5.88 Å². The first-order chi connectivity index (χ1) is 7.72. The van der Waals surface area contributed by atoms with Gasteiger partial charge < -0.3 is 14.4 Å². The Morgan fingerprint density at radius 1 is 1.56 bits per heavy atom. The molecule has 1 unspecified atom stereocenters. The van der Waals surface area contributed by atoms with Crippen molar-refractivity contribution in [3.63, 3.8) is 0 Å². The van der Waals surface area contributed by atoms with E-state index in [1.54, 1.807) is 6.07 Å². The maximum absolute atomic E-state index is 10.7. The number of hydrogen-bond acceptors (Lipinski definition) is 3. The standard InChI is InChI=1S/C12H17NO3/c1-2-9-5-3-4-8-13(9)11-7-6-10(16-11)12(14)15/h6-7,9H,2-5,8H2,1H3,(H,14,15). The fraction of sp³-hybridized carbons (Fsp3) is 0.583. The van der Waals surface area contributed by atoms with Gasteiger partial charge in [-0.3, -0.25) is 0 Å². The summed E-state index contributed by atoms with van der Waals surface area (Å²) < 4.78 is 5.34. The largest absolute Gasteiger partial charge is 0.475 e. The Labute approximate surface area is 94.9 Å². The fourth-order valence-electron chi connectivity index (χ4n) is 2.31. The highest BCUT2D eigenvalue weighted by atomic mass is 16.4. The third-order valence-electron chi connectivity index (χ3n) is 3.18. The normalized spacial score (nSPS) is 21.1. The second-order valence-corrected chi connectivity index (χ2v) is 4.19. The number of nitrogens with zero attached hydrogens (tertiary/aromatic N) is 1. The monoisotopic (exact) mass is 223 g/mol. The molecule has 0 radical (unpaired) electrons. The van der Waals surface area contributed by atoms with E-state index < -0.39 is 5.97 Å². The first-order valence-electron chi connectivity index (χ1n) is 5.82. The van der Waals surface area contributed by atoms with Crippen LogP contribution < -0.4 is 4.90 Å². The van der Waals surface area contributed by atoms with Gasteiger partial charge in [0.15, 0.2) is 5.88 Å². The van der Waals surface area contributed by atoms with Gasteiger partial charge in [-0.2, -0.15) is 0 Å². The molecule has 2 heterocycles. The number of carboxylic acids is 1. The van der Waals surface area contributed by atoms with E-state index in [0.29, 0.717) is 11.9 Å². The molecule has 1 saturated heterocycles. The number of carboxylic acid groups (broad SMARTS) is 1. The van der Waals surface area contributed by atoms with Crippen molar-refractivity contribution in [3.8, 4) is 0 Å². The minimum absolute atomic E-state index is 0.0235. The molecule has 0 aliphatic carbocycles. The number of rotatable bonds is 3. The minimum atomic E-state index is -1.00. The summed E-state index contributed by atoms with van der Waals surface area (Å²) in [5.41, 5.74) is 0. The molecule has 88 valence electrons. The molecule has 0 spiro atoms. The summed E-state index contributed by atoms with van der Waals surface area (Å²) in [6.07, 6.45) is 4.64. The van der Waals surface area contributed by atoms with Crippen LogP contribution >= 0.6 is 0 Å². The van der Waals surface area contributed by atoms with Gasteiger partial charge in [-0.25, -0.2) is 4.79 Å². The quantitative estimate of drug-likeness (QED) is 0.856. The molecule has 1 fully saturated rings. The molecule has 16 heavy (non-hydrogen) atoms. The van der Waals surface area contributed by atoms with Crippen molar-refractivity contribution in [2.75, 3.05) is 11.4 Å². The summed E-state index contributed by atoms with van der Waals surface area (Å²) in [4.78, 5) is 12.9. The van der Waals surface area contributed by atoms with Gasteiger partial charge in [-0.05, 0) is 31.7 Å². The van der Waals surface area contributed by atoms with Crippen LogP contribution in [0.2, 0.25) is 0 Å². The Morgan fingerprint density at radius 2 is 2.38 bits per heavy atom. The summed E-state index contributed by atoms with van der Waals surface area (Å²) in [6, 6.07) is 3.78. The first kappa shape index (κ1) is 11.0. The molecule has 1 aliphatic heterocycles. The maximum Gasteiger partial charge on any atom is 0.371 e. The lowest BCUT2D eigenvalue weighted by Crippen LogP contribution is -2.38. The first-order valence-corrected chi connectivity index (χ1v) is 5.82. The lowest BCUT2D eigenvalue weighted by molar-refractivity contribution is 0.0663. The van der Waals surface area contributed by atoms with E-state index >= 15 is 0 Å². The van der Waals surface area contributed by atoms with Crippen molar-refractivity contribution in [2.45, 2.75) is 38.6 Å². The summed E-state index contributed by atoms with van der Waals surface area (Å²) in [5, 5.41) is 8.81. The van der Waals surface area contributed by atoms with Gasteiger partial charge in [0.2, 0.25) is 5.76 Å². The fourth-order valence-corrected chi connectivity index (χ4v) is 2.31. The number of aromatic carboxylic acids is 1. The Morgan fingerprint density at radius 3 is 3.00 bits per heavy atom. The topological polar surface area (TPSA) is 53.7 Å². The van der Waals surface area contributed by atoms with E-state index in [4.69, 9.17) is 9.52 Å². The van der Waals surface area contributed by atoms with Crippen molar-refractivity contribution in [1.82, 2.24) is 0 Å². The third kappa shape index (κ3) is 2.05. The van der Waals surface area contributed by atoms with Gasteiger partial charge in [0.1, 0.15) is 0 Å². The lowest BCUT2D eigenvalue weighted by atomic mass is 10.0. The van der Waals surface area contributed by atoms with Crippen LogP contribution in [-0.2, 0) is 0 Å². The lowest BCUT2D eigenvalue weighted by Gasteiger charge is -2.34. The molecule has 0 aromatic carbocycles. The van der Waals surface area contributed by atoms with Crippen molar-refractivity contribution in [3.05, 3.63) is 17.9 Å². The molecular weight excluding hydrogens is 206 g/mol. The molecule has 0 saturated carbocycles. The highest BCUT2D eigenvalue weighted by Crippen LogP contribution is 2.28. The predicted octanol–water partition coefficient (Wildman–Crippen LogP) is 2.75. The van der Waals surface area contributed by atoms with Crippen LogP contribution in [0.1, 0.15) is 43.2 Å². The Balaban J connectivity index is 2.17. The molecule has 4 heteroatoms. The van der Waals surface area contributed by atoms with Crippen LogP contribution in [0.5, 0.6) is 0 Å². The number of anilines is 1. The van der Waals surface area contributed by atoms with E-state index in [2.05, 4.69) is 11.8 Å². The minimum Gasteiger partial charge on any atom is -0.475 e. The molecule has 2 rings (SSSR count). The Kier molecular flexibility index (Phi) is 3.17. The Bertz CT molecular complexity index is 372. The SMILES string of the molecule is CCC1CCCCN1c1ccc(C(=O)O)o1. The van der Waals surface area contributed by atoms with Crippen molar-refractivity contribution in [1.29, 1.82) is 0 Å². The molecular formula is C12H17NO3. The number of hydrogen-bond donors (Lipinski definition) is 1. The van der Waals surface area contributed by atoms with Crippen LogP contribution in [0, 0.1) is 0 Å². The van der Waals surface area contributed by atoms with E-state index in [0.717, 1.165) is 19.4 Å². The third-order valence-corrected chi connectivity index (χ3v) is 3.18. The van der Waals surface area contributed by atoms with Crippen LogP contribution in [0.3, 0.4) is 0 Å². The molecule has 0 amide bonds. The summed E-state index contributed by atoms with van der Waals surface area (Å²) in [5.74, 6) is -0.282. The van der Waals surface area contributed by atoms with E-state index in [1.165, 1.54) is 18.9 Å². The second-order valence-electron chi connectivity index (χ2n) is 4.19. The second kappa shape index (κ2) is 4.60. The summed E-state index contributed by atoms with van der Waals surface area (Å²) in [6.45, 7) is 3.12. The van der Waals surface area contributed by atoms with Gasteiger partial charge in [0, 0.05) is 18.7 Å².